The van der Waals surface area contributed by atoms with Crippen LogP contribution in [-0.4, -0.2) is 28.8 Å². The number of carbonyl (C=O) groups is 1. The maximum Gasteiger partial charge on any atom is 0.266 e. The van der Waals surface area contributed by atoms with Crippen molar-refractivity contribution in [1.29, 1.82) is 0 Å². The summed E-state index contributed by atoms with van der Waals surface area (Å²) in [5.74, 6) is 0.0795. The highest BCUT2D eigenvalue weighted by Gasteiger charge is 2.08. The van der Waals surface area contributed by atoms with Gasteiger partial charge in [0, 0.05) is 18.2 Å². The third-order valence-corrected chi connectivity index (χ3v) is 4.41. The first kappa shape index (κ1) is 20.3. The van der Waals surface area contributed by atoms with Crippen LogP contribution in [0.4, 0.5) is 4.39 Å². The fraction of sp³-hybridized carbons (Fsp3) is 0.227. The molecule has 0 saturated heterocycles. The van der Waals surface area contributed by atoms with E-state index in [2.05, 4.69) is 10.4 Å². The van der Waals surface area contributed by atoms with Gasteiger partial charge in [0.15, 0.2) is 6.61 Å². The quantitative estimate of drug-likeness (QED) is 0.668. The van der Waals surface area contributed by atoms with E-state index in [1.54, 1.807) is 18.2 Å². The Labute approximate surface area is 168 Å². The number of para-hydroxylation sites is 1. The first-order valence-corrected chi connectivity index (χ1v) is 9.24. The Hall–Kier alpha value is -3.48. The summed E-state index contributed by atoms with van der Waals surface area (Å²) < 4.78 is 20.0. The molecule has 0 aliphatic heterocycles. The van der Waals surface area contributed by atoms with Gasteiger partial charge in [0.05, 0.1) is 12.2 Å². The van der Waals surface area contributed by atoms with Crippen LogP contribution in [0.25, 0.3) is 11.3 Å². The van der Waals surface area contributed by atoms with Crippen LogP contribution in [-0.2, 0) is 11.3 Å². The van der Waals surface area contributed by atoms with Gasteiger partial charge in [-0.25, -0.2) is 9.07 Å². The second-order valence-electron chi connectivity index (χ2n) is 6.65. The summed E-state index contributed by atoms with van der Waals surface area (Å²) in [6.07, 6.45) is 0. The van der Waals surface area contributed by atoms with Crippen LogP contribution in [0.2, 0.25) is 0 Å². The number of aryl methyl sites for hydroxylation is 2. The molecule has 150 valence electrons. The molecule has 2 aromatic carbocycles. The number of aromatic nitrogens is 2. The fourth-order valence-electron chi connectivity index (χ4n) is 2.90. The molecule has 1 heterocycles. The predicted octanol–water partition coefficient (Wildman–Crippen LogP) is 2.86. The summed E-state index contributed by atoms with van der Waals surface area (Å²) in [5.41, 5.74) is 2.90. The highest BCUT2D eigenvalue weighted by atomic mass is 19.1. The van der Waals surface area contributed by atoms with Crippen LogP contribution in [0, 0.1) is 19.7 Å². The summed E-state index contributed by atoms with van der Waals surface area (Å²) >= 11 is 0. The van der Waals surface area contributed by atoms with Gasteiger partial charge in [0.2, 0.25) is 0 Å². The molecule has 0 spiro atoms. The molecular formula is C22H22FN3O3. The number of hydrogen-bond acceptors (Lipinski definition) is 4. The fourth-order valence-corrected chi connectivity index (χ4v) is 2.90. The Morgan fingerprint density at radius 1 is 1.07 bits per heavy atom. The standard InChI is InChI=1S/C22H22FN3O3/c1-15-4-3-5-16(2)22(15)29-14-20(27)24-12-13-26-21(28)11-10-19(25-26)17-6-8-18(23)9-7-17/h3-11H,12-14H2,1-2H3,(H,24,27). The number of nitrogens with one attached hydrogen (secondary N) is 1. The molecule has 0 bridgehead atoms. The zero-order valence-electron chi connectivity index (χ0n) is 16.3. The first-order valence-electron chi connectivity index (χ1n) is 9.24. The van der Waals surface area contributed by atoms with Crippen LogP contribution in [0.3, 0.4) is 0 Å². The van der Waals surface area contributed by atoms with Gasteiger partial charge in [-0.05, 0) is 55.3 Å². The van der Waals surface area contributed by atoms with Gasteiger partial charge in [-0.2, -0.15) is 5.10 Å². The molecule has 1 N–H and O–H groups in total. The average molecular weight is 395 g/mol. The molecule has 0 radical (unpaired) electrons. The Balaban J connectivity index is 1.56. The van der Waals surface area contributed by atoms with Crippen molar-refractivity contribution >= 4 is 5.91 Å². The molecule has 0 aliphatic carbocycles. The molecule has 7 heteroatoms. The Kier molecular flexibility index (Phi) is 6.39. The van der Waals surface area contributed by atoms with E-state index in [9.17, 15) is 14.0 Å². The van der Waals surface area contributed by atoms with Crippen LogP contribution in [0.5, 0.6) is 5.75 Å². The predicted molar refractivity (Wildman–Crippen MR) is 108 cm³/mol. The molecule has 3 aromatic rings. The van der Waals surface area contributed by atoms with Crippen LogP contribution < -0.4 is 15.6 Å². The SMILES string of the molecule is Cc1cccc(C)c1OCC(=O)NCCn1nc(-c2ccc(F)cc2)ccc1=O. The van der Waals surface area contributed by atoms with Gasteiger partial charge in [0.25, 0.3) is 11.5 Å². The van der Waals surface area contributed by atoms with E-state index in [1.165, 1.54) is 22.9 Å². The Morgan fingerprint density at radius 3 is 2.45 bits per heavy atom. The largest absolute Gasteiger partial charge is 0.483 e. The number of amides is 1. The van der Waals surface area contributed by atoms with Gasteiger partial charge in [-0.15, -0.1) is 0 Å². The molecule has 6 nitrogen and oxygen atoms in total. The lowest BCUT2D eigenvalue weighted by atomic mass is 10.1. The van der Waals surface area contributed by atoms with Gasteiger partial charge >= 0.3 is 0 Å². The zero-order valence-corrected chi connectivity index (χ0v) is 16.3. The van der Waals surface area contributed by atoms with Gasteiger partial charge in [0.1, 0.15) is 11.6 Å². The molecule has 0 aliphatic rings. The molecular weight excluding hydrogens is 373 g/mol. The van der Waals surface area contributed by atoms with E-state index < -0.39 is 0 Å². The number of rotatable bonds is 7. The Morgan fingerprint density at radius 2 is 1.76 bits per heavy atom. The van der Waals surface area contributed by atoms with Crippen LogP contribution >= 0.6 is 0 Å². The van der Waals surface area contributed by atoms with Gasteiger partial charge in [-0.1, -0.05) is 18.2 Å². The summed E-state index contributed by atoms with van der Waals surface area (Å²) in [4.78, 5) is 24.1. The number of hydrogen-bond donors (Lipinski definition) is 1. The van der Waals surface area contributed by atoms with E-state index in [0.717, 1.165) is 11.1 Å². The Bertz CT molecular complexity index is 1040. The smallest absolute Gasteiger partial charge is 0.266 e. The van der Waals surface area contributed by atoms with E-state index in [-0.39, 0.29) is 37.0 Å². The van der Waals surface area contributed by atoms with Crippen LogP contribution in [0.15, 0.2) is 59.4 Å². The van der Waals surface area contributed by atoms with Crippen molar-refractivity contribution in [1.82, 2.24) is 15.1 Å². The average Bonchev–Trinajstić information content (AvgIpc) is 2.70. The molecule has 1 aromatic heterocycles. The lowest BCUT2D eigenvalue weighted by molar-refractivity contribution is -0.123. The summed E-state index contributed by atoms with van der Waals surface area (Å²) in [6, 6.07) is 14.6. The number of nitrogens with zero attached hydrogens (tertiary/aromatic N) is 2. The number of carbonyl (C=O) groups excluding carboxylic acids is 1. The minimum absolute atomic E-state index is 0.108. The second kappa shape index (κ2) is 9.14. The molecule has 1 amide bonds. The van der Waals surface area contributed by atoms with E-state index in [4.69, 9.17) is 4.74 Å². The molecule has 0 saturated carbocycles. The van der Waals surface area contributed by atoms with E-state index >= 15 is 0 Å². The number of ether oxygens (including phenoxy) is 1. The molecule has 0 atom stereocenters. The van der Waals surface area contributed by atoms with E-state index in [0.29, 0.717) is 17.0 Å². The number of halogens is 1. The van der Waals surface area contributed by atoms with Crippen molar-refractivity contribution in [2.75, 3.05) is 13.2 Å². The molecule has 0 unspecified atom stereocenters. The zero-order chi connectivity index (χ0) is 20.8. The topological polar surface area (TPSA) is 73.2 Å². The first-order chi connectivity index (χ1) is 13.9. The van der Waals surface area contributed by atoms with E-state index in [1.807, 2.05) is 32.0 Å². The normalized spacial score (nSPS) is 10.6. The maximum absolute atomic E-state index is 13.1. The third-order valence-electron chi connectivity index (χ3n) is 4.41. The van der Waals surface area contributed by atoms with Crippen molar-refractivity contribution < 1.29 is 13.9 Å². The summed E-state index contributed by atoms with van der Waals surface area (Å²) in [7, 11) is 0. The number of benzene rings is 2. The third kappa shape index (κ3) is 5.28. The lowest BCUT2D eigenvalue weighted by Crippen LogP contribution is -2.34. The van der Waals surface area contributed by atoms with Gasteiger partial charge in [-0.3, -0.25) is 9.59 Å². The van der Waals surface area contributed by atoms with Crippen LogP contribution in [0.1, 0.15) is 11.1 Å². The van der Waals surface area contributed by atoms with Crippen molar-refractivity contribution in [2.24, 2.45) is 0 Å². The minimum Gasteiger partial charge on any atom is -0.483 e. The van der Waals surface area contributed by atoms with Crippen molar-refractivity contribution in [3.05, 3.63) is 81.9 Å². The van der Waals surface area contributed by atoms with Crippen molar-refractivity contribution in [3.63, 3.8) is 0 Å². The summed E-state index contributed by atoms with van der Waals surface area (Å²) in [5, 5.41) is 7.01. The van der Waals surface area contributed by atoms with Crippen molar-refractivity contribution in [3.8, 4) is 17.0 Å². The molecule has 3 rings (SSSR count). The maximum atomic E-state index is 13.1. The highest BCUT2D eigenvalue weighted by molar-refractivity contribution is 5.77. The molecule has 0 fully saturated rings. The monoisotopic (exact) mass is 395 g/mol. The lowest BCUT2D eigenvalue weighted by Gasteiger charge is -2.12. The van der Waals surface area contributed by atoms with Crippen molar-refractivity contribution in [2.45, 2.75) is 20.4 Å². The summed E-state index contributed by atoms with van der Waals surface area (Å²) in [6.45, 7) is 4.18. The molecule has 29 heavy (non-hydrogen) atoms. The second-order valence-corrected chi connectivity index (χ2v) is 6.65. The minimum atomic E-state index is -0.340. The van der Waals surface area contributed by atoms with Gasteiger partial charge < -0.3 is 10.1 Å². The highest BCUT2D eigenvalue weighted by Crippen LogP contribution is 2.22.